The molecule has 96 valence electrons. The zero-order chi connectivity index (χ0) is 13.9. The van der Waals surface area contributed by atoms with Gasteiger partial charge in [0, 0.05) is 17.1 Å². The van der Waals surface area contributed by atoms with Crippen molar-refractivity contribution in [1.82, 2.24) is 9.97 Å². The fourth-order valence-electron chi connectivity index (χ4n) is 1.80. The summed E-state index contributed by atoms with van der Waals surface area (Å²) in [4.78, 5) is 8.02. The van der Waals surface area contributed by atoms with Crippen LogP contribution >= 0.6 is 0 Å². The van der Waals surface area contributed by atoms with E-state index < -0.39 is 11.6 Å². The molecule has 0 bridgehead atoms. The number of rotatable bonds is 0. The maximum atomic E-state index is 13.4. The zero-order valence-corrected chi connectivity index (χ0v) is 10.3. The van der Waals surface area contributed by atoms with Crippen molar-refractivity contribution in [2.75, 3.05) is 0 Å². The Balaban J connectivity index is 2.04. The van der Waals surface area contributed by atoms with Crippen molar-refractivity contribution >= 4 is 10.9 Å². The van der Waals surface area contributed by atoms with Crippen LogP contribution in [0, 0.1) is 23.5 Å². The Bertz CT molecular complexity index is 827. The van der Waals surface area contributed by atoms with Gasteiger partial charge >= 0.3 is 0 Å². The second kappa shape index (κ2) is 5.06. The lowest BCUT2D eigenvalue weighted by Crippen LogP contribution is -1.89. The topological polar surface area (TPSA) is 25.8 Å². The lowest BCUT2D eigenvalue weighted by Gasteiger charge is -1.97. The summed E-state index contributed by atoms with van der Waals surface area (Å²) in [5.41, 5.74) is 1.15. The highest BCUT2D eigenvalue weighted by Crippen LogP contribution is 2.13. The first-order valence-corrected chi connectivity index (χ1v) is 5.90. The SMILES string of the molecule is Fc1cccc(F)c1C#Cc1ccc2cncnc2c1. The lowest BCUT2D eigenvalue weighted by atomic mass is 10.1. The van der Waals surface area contributed by atoms with Crippen LogP contribution < -0.4 is 0 Å². The third-order valence-corrected chi connectivity index (χ3v) is 2.80. The number of hydrogen-bond donors (Lipinski definition) is 0. The minimum absolute atomic E-state index is 0.227. The maximum Gasteiger partial charge on any atom is 0.141 e. The summed E-state index contributed by atoms with van der Waals surface area (Å²) in [6.45, 7) is 0. The molecule has 0 aliphatic heterocycles. The Morgan fingerprint density at radius 1 is 0.950 bits per heavy atom. The molecule has 0 saturated heterocycles. The second-order valence-electron chi connectivity index (χ2n) is 4.14. The van der Waals surface area contributed by atoms with Gasteiger partial charge in [0.05, 0.1) is 11.1 Å². The van der Waals surface area contributed by atoms with Gasteiger partial charge in [0.1, 0.15) is 18.0 Å². The molecule has 20 heavy (non-hydrogen) atoms. The first kappa shape index (κ1) is 12.2. The highest BCUT2D eigenvalue weighted by atomic mass is 19.1. The van der Waals surface area contributed by atoms with E-state index in [1.807, 2.05) is 6.07 Å². The second-order valence-corrected chi connectivity index (χ2v) is 4.14. The van der Waals surface area contributed by atoms with Gasteiger partial charge in [0.25, 0.3) is 0 Å². The minimum atomic E-state index is -0.666. The number of nitrogens with zero attached hydrogens (tertiary/aromatic N) is 2. The van der Waals surface area contributed by atoms with Crippen LogP contribution in [0.1, 0.15) is 11.1 Å². The van der Waals surface area contributed by atoms with Gasteiger partial charge in [-0.1, -0.05) is 24.0 Å². The van der Waals surface area contributed by atoms with E-state index in [4.69, 9.17) is 0 Å². The van der Waals surface area contributed by atoms with Gasteiger partial charge in [-0.05, 0) is 24.3 Å². The monoisotopic (exact) mass is 266 g/mol. The molecule has 1 aromatic heterocycles. The Hall–Kier alpha value is -2.80. The van der Waals surface area contributed by atoms with E-state index in [1.165, 1.54) is 24.5 Å². The summed E-state index contributed by atoms with van der Waals surface area (Å²) < 4.78 is 26.9. The van der Waals surface area contributed by atoms with Crippen molar-refractivity contribution in [3.63, 3.8) is 0 Å². The van der Waals surface area contributed by atoms with Gasteiger partial charge in [-0.2, -0.15) is 0 Å². The van der Waals surface area contributed by atoms with Crippen LogP contribution in [-0.2, 0) is 0 Å². The van der Waals surface area contributed by atoms with Crippen LogP contribution in [0.4, 0.5) is 8.78 Å². The molecule has 0 atom stereocenters. The van der Waals surface area contributed by atoms with Crippen molar-refractivity contribution < 1.29 is 8.78 Å². The molecule has 0 aliphatic carbocycles. The van der Waals surface area contributed by atoms with Crippen molar-refractivity contribution in [3.8, 4) is 11.8 Å². The third kappa shape index (κ3) is 2.34. The Morgan fingerprint density at radius 3 is 2.55 bits per heavy atom. The summed E-state index contributed by atoms with van der Waals surface area (Å²) in [6.07, 6.45) is 3.13. The zero-order valence-electron chi connectivity index (χ0n) is 10.3. The molecular weight excluding hydrogens is 258 g/mol. The normalized spacial score (nSPS) is 10.1. The summed E-state index contributed by atoms with van der Waals surface area (Å²) >= 11 is 0. The van der Waals surface area contributed by atoms with E-state index in [0.717, 1.165) is 10.9 Å². The summed E-state index contributed by atoms with van der Waals surface area (Å²) in [7, 11) is 0. The largest absolute Gasteiger partial charge is 0.244 e. The maximum absolute atomic E-state index is 13.4. The van der Waals surface area contributed by atoms with Gasteiger partial charge in [-0.15, -0.1) is 0 Å². The molecule has 3 rings (SSSR count). The summed E-state index contributed by atoms with van der Waals surface area (Å²) in [5, 5.41) is 0.884. The van der Waals surface area contributed by atoms with Crippen LogP contribution in [0.2, 0.25) is 0 Å². The van der Waals surface area contributed by atoms with Crippen LogP contribution in [0.5, 0.6) is 0 Å². The average Bonchev–Trinajstić information content (AvgIpc) is 2.46. The molecule has 2 nitrogen and oxygen atoms in total. The molecule has 1 heterocycles. The minimum Gasteiger partial charge on any atom is -0.244 e. The Kier molecular flexibility index (Phi) is 3.10. The molecule has 0 saturated carbocycles. The predicted octanol–water partition coefficient (Wildman–Crippen LogP) is 3.31. The van der Waals surface area contributed by atoms with Crippen LogP contribution in [0.3, 0.4) is 0 Å². The van der Waals surface area contributed by atoms with Crippen LogP contribution in [-0.4, -0.2) is 9.97 Å². The van der Waals surface area contributed by atoms with Gasteiger partial charge in [0.2, 0.25) is 0 Å². The first-order valence-electron chi connectivity index (χ1n) is 5.90. The Labute approximate surface area is 114 Å². The number of aromatic nitrogens is 2. The van der Waals surface area contributed by atoms with E-state index in [0.29, 0.717) is 5.56 Å². The quantitative estimate of drug-likeness (QED) is 0.583. The third-order valence-electron chi connectivity index (χ3n) is 2.80. The van der Waals surface area contributed by atoms with Crippen molar-refractivity contribution in [1.29, 1.82) is 0 Å². The predicted molar refractivity (Wildman–Crippen MR) is 71.9 cm³/mol. The molecule has 3 aromatic rings. The van der Waals surface area contributed by atoms with E-state index in [9.17, 15) is 8.78 Å². The number of halogens is 2. The van der Waals surface area contributed by atoms with E-state index >= 15 is 0 Å². The molecule has 0 aliphatic rings. The van der Waals surface area contributed by atoms with Crippen molar-refractivity contribution in [3.05, 3.63) is 71.7 Å². The number of hydrogen-bond acceptors (Lipinski definition) is 2. The van der Waals surface area contributed by atoms with Crippen LogP contribution in [0.25, 0.3) is 10.9 Å². The fourth-order valence-corrected chi connectivity index (χ4v) is 1.80. The molecule has 0 radical (unpaired) electrons. The molecule has 0 amide bonds. The summed E-state index contributed by atoms with van der Waals surface area (Å²) in [6, 6.07) is 9.00. The lowest BCUT2D eigenvalue weighted by molar-refractivity contribution is 0.577. The number of fused-ring (bicyclic) bond motifs is 1. The standard InChI is InChI=1S/C16H8F2N2/c17-14-2-1-3-15(18)13(14)7-5-11-4-6-12-9-19-10-20-16(12)8-11/h1-4,6,8-10H. The molecule has 0 spiro atoms. The van der Waals surface area contributed by atoms with E-state index in [1.54, 1.807) is 18.3 Å². The summed E-state index contributed by atoms with van der Waals surface area (Å²) in [5.74, 6) is 3.93. The smallest absolute Gasteiger partial charge is 0.141 e. The molecule has 0 unspecified atom stereocenters. The molecular formula is C16H8F2N2. The van der Waals surface area contributed by atoms with Gasteiger partial charge in [-0.3, -0.25) is 0 Å². The van der Waals surface area contributed by atoms with Gasteiger partial charge in [0.15, 0.2) is 0 Å². The fraction of sp³-hybridized carbons (Fsp3) is 0. The molecule has 0 fully saturated rings. The highest BCUT2D eigenvalue weighted by Gasteiger charge is 2.04. The van der Waals surface area contributed by atoms with Crippen LogP contribution in [0.15, 0.2) is 48.9 Å². The van der Waals surface area contributed by atoms with E-state index in [-0.39, 0.29) is 5.56 Å². The van der Waals surface area contributed by atoms with E-state index in [2.05, 4.69) is 21.8 Å². The molecule has 0 N–H and O–H groups in total. The van der Waals surface area contributed by atoms with Crippen molar-refractivity contribution in [2.45, 2.75) is 0 Å². The van der Waals surface area contributed by atoms with Gasteiger partial charge < -0.3 is 0 Å². The molecule has 2 aromatic carbocycles. The first-order chi connectivity index (χ1) is 9.74. The van der Waals surface area contributed by atoms with Crippen molar-refractivity contribution in [2.24, 2.45) is 0 Å². The number of benzene rings is 2. The van der Waals surface area contributed by atoms with Gasteiger partial charge in [-0.25, -0.2) is 18.7 Å². The Morgan fingerprint density at radius 2 is 1.75 bits per heavy atom. The highest BCUT2D eigenvalue weighted by molar-refractivity contribution is 5.78. The molecule has 4 heteroatoms. The average molecular weight is 266 g/mol.